The molecule has 2 aliphatic rings. The molecule has 0 aromatic carbocycles. The maximum Gasteiger partial charge on any atom is 0.191 e. The second kappa shape index (κ2) is 9.81. The average molecular weight is 412 g/mol. The van der Waals surface area contributed by atoms with Gasteiger partial charge < -0.3 is 20.1 Å². The molecular formula is C14H29IN4O2. The van der Waals surface area contributed by atoms with E-state index in [4.69, 9.17) is 15.2 Å². The molecule has 124 valence electrons. The molecule has 0 aromatic rings. The molecule has 2 saturated heterocycles. The van der Waals surface area contributed by atoms with E-state index in [1.165, 1.54) is 12.8 Å². The lowest BCUT2D eigenvalue weighted by Crippen LogP contribution is -2.48. The predicted octanol–water partition coefficient (Wildman–Crippen LogP) is 0.751. The number of rotatable bonds is 5. The predicted molar refractivity (Wildman–Crippen MR) is 95.4 cm³/mol. The zero-order valence-corrected chi connectivity index (χ0v) is 15.5. The highest BCUT2D eigenvalue weighted by molar-refractivity contribution is 14.0. The van der Waals surface area contributed by atoms with Gasteiger partial charge in [0.05, 0.1) is 25.9 Å². The minimum absolute atomic E-state index is 0. The number of morpholine rings is 1. The second-order valence-corrected chi connectivity index (χ2v) is 5.65. The molecule has 2 heterocycles. The van der Waals surface area contributed by atoms with Crippen LogP contribution in [0, 0.1) is 0 Å². The van der Waals surface area contributed by atoms with E-state index in [1.54, 1.807) is 7.11 Å². The van der Waals surface area contributed by atoms with Gasteiger partial charge >= 0.3 is 0 Å². The molecular weight excluding hydrogens is 383 g/mol. The lowest BCUT2D eigenvalue weighted by molar-refractivity contribution is 0.00526. The van der Waals surface area contributed by atoms with E-state index >= 15 is 0 Å². The number of hydrogen-bond acceptors (Lipinski definition) is 4. The Balaban J connectivity index is 0.00000220. The van der Waals surface area contributed by atoms with Gasteiger partial charge in [0.15, 0.2) is 5.96 Å². The van der Waals surface area contributed by atoms with Gasteiger partial charge in [0.2, 0.25) is 0 Å². The normalized spacial score (nSPS) is 27.7. The van der Waals surface area contributed by atoms with Crippen molar-refractivity contribution in [3.8, 4) is 0 Å². The summed E-state index contributed by atoms with van der Waals surface area (Å²) < 4.78 is 10.7. The maximum absolute atomic E-state index is 6.11. The SMILES string of the molecule is COCCN1CCCC1CN=C(N)N1CCOC(C)C1.I. The third-order valence-corrected chi connectivity index (χ3v) is 4.11. The number of nitrogens with zero attached hydrogens (tertiary/aromatic N) is 3. The summed E-state index contributed by atoms with van der Waals surface area (Å²) in [6.07, 6.45) is 2.69. The summed E-state index contributed by atoms with van der Waals surface area (Å²) in [5.74, 6) is 0.666. The number of aliphatic imine (C=N–C) groups is 1. The van der Waals surface area contributed by atoms with Gasteiger partial charge in [-0.15, -0.1) is 24.0 Å². The first kappa shape index (κ1) is 18.9. The van der Waals surface area contributed by atoms with Crippen molar-refractivity contribution in [1.29, 1.82) is 0 Å². The molecule has 21 heavy (non-hydrogen) atoms. The van der Waals surface area contributed by atoms with Gasteiger partial charge in [0.25, 0.3) is 0 Å². The summed E-state index contributed by atoms with van der Waals surface area (Å²) in [7, 11) is 1.75. The monoisotopic (exact) mass is 412 g/mol. The molecule has 0 saturated carbocycles. The number of guanidine groups is 1. The summed E-state index contributed by atoms with van der Waals surface area (Å²) in [6, 6.07) is 0.516. The fourth-order valence-electron chi connectivity index (χ4n) is 2.93. The molecule has 2 atom stereocenters. The molecule has 6 nitrogen and oxygen atoms in total. The van der Waals surface area contributed by atoms with Crippen LogP contribution in [0.1, 0.15) is 19.8 Å². The van der Waals surface area contributed by atoms with E-state index in [9.17, 15) is 0 Å². The Bertz CT molecular complexity index is 330. The van der Waals surface area contributed by atoms with E-state index in [1.807, 2.05) is 0 Å². The topological polar surface area (TPSA) is 63.3 Å². The van der Waals surface area contributed by atoms with Crippen molar-refractivity contribution in [2.24, 2.45) is 10.7 Å². The summed E-state index contributed by atoms with van der Waals surface area (Å²) in [5.41, 5.74) is 6.11. The molecule has 0 radical (unpaired) electrons. The Morgan fingerprint density at radius 1 is 1.43 bits per heavy atom. The molecule has 0 aromatic heterocycles. The number of hydrogen-bond donors (Lipinski definition) is 1. The lowest BCUT2D eigenvalue weighted by atomic mass is 10.2. The van der Waals surface area contributed by atoms with Crippen LogP contribution < -0.4 is 5.73 Å². The molecule has 2 N–H and O–H groups in total. The van der Waals surface area contributed by atoms with Gasteiger partial charge in [-0.3, -0.25) is 9.89 Å². The minimum Gasteiger partial charge on any atom is -0.383 e. The highest BCUT2D eigenvalue weighted by atomic mass is 127. The fraction of sp³-hybridized carbons (Fsp3) is 0.929. The third kappa shape index (κ3) is 5.88. The van der Waals surface area contributed by atoms with Gasteiger partial charge in [-0.2, -0.15) is 0 Å². The molecule has 2 rings (SSSR count). The van der Waals surface area contributed by atoms with Crippen LogP contribution in [-0.2, 0) is 9.47 Å². The van der Waals surface area contributed by atoms with Gasteiger partial charge in [0, 0.05) is 32.8 Å². The summed E-state index contributed by atoms with van der Waals surface area (Å²) in [5, 5.41) is 0. The molecule has 2 fully saturated rings. The minimum atomic E-state index is 0. The summed E-state index contributed by atoms with van der Waals surface area (Å²) in [4.78, 5) is 9.19. The van der Waals surface area contributed by atoms with Crippen molar-refractivity contribution in [1.82, 2.24) is 9.80 Å². The van der Waals surface area contributed by atoms with Gasteiger partial charge in [-0.1, -0.05) is 0 Å². The van der Waals surface area contributed by atoms with E-state index in [-0.39, 0.29) is 30.1 Å². The van der Waals surface area contributed by atoms with E-state index in [0.717, 1.165) is 45.9 Å². The van der Waals surface area contributed by atoms with Crippen LogP contribution in [0.5, 0.6) is 0 Å². The van der Waals surface area contributed by atoms with Crippen LogP contribution in [-0.4, -0.2) is 81.0 Å². The largest absolute Gasteiger partial charge is 0.383 e. The van der Waals surface area contributed by atoms with Crippen LogP contribution in [0.4, 0.5) is 0 Å². The third-order valence-electron chi connectivity index (χ3n) is 4.11. The van der Waals surface area contributed by atoms with Crippen LogP contribution in [0.3, 0.4) is 0 Å². The first-order valence-electron chi connectivity index (χ1n) is 7.60. The molecule has 0 aliphatic carbocycles. The number of likely N-dealkylation sites (tertiary alicyclic amines) is 1. The van der Waals surface area contributed by atoms with Crippen molar-refractivity contribution < 1.29 is 9.47 Å². The Kier molecular flexibility index (Phi) is 8.84. The van der Waals surface area contributed by atoms with Crippen LogP contribution >= 0.6 is 24.0 Å². The molecule has 2 unspecified atom stereocenters. The second-order valence-electron chi connectivity index (χ2n) is 5.65. The number of nitrogens with two attached hydrogens (primary N) is 1. The Hall–Kier alpha value is -0.120. The molecule has 0 bridgehead atoms. The number of ether oxygens (including phenoxy) is 2. The van der Waals surface area contributed by atoms with E-state index in [2.05, 4.69) is 21.7 Å². The first-order chi connectivity index (χ1) is 9.70. The van der Waals surface area contributed by atoms with Gasteiger partial charge in [-0.05, 0) is 26.3 Å². The maximum atomic E-state index is 6.11. The van der Waals surface area contributed by atoms with Crippen LogP contribution in [0.25, 0.3) is 0 Å². The van der Waals surface area contributed by atoms with Crippen molar-refractivity contribution in [2.75, 3.05) is 53.0 Å². The standard InChI is InChI=1S/C14H28N4O2.HI/c1-12-11-18(7-9-20-12)14(15)16-10-13-4-3-5-17(13)6-8-19-2;/h12-13H,3-11H2,1-2H3,(H2,15,16);1H. The van der Waals surface area contributed by atoms with Crippen LogP contribution in [0.15, 0.2) is 4.99 Å². The van der Waals surface area contributed by atoms with Crippen molar-refractivity contribution >= 4 is 29.9 Å². The average Bonchev–Trinajstić information content (AvgIpc) is 2.90. The zero-order chi connectivity index (χ0) is 14.4. The van der Waals surface area contributed by atoms with Gasteiger partial charge in [-0.25, -0.2) is 0 Å². The van der Waals surface area contributed by atoms with Crippen molar-refractivity contribution in [3.05, 3.63) is 0 Å². The Morgan fingerprint density at radius 3 is 2.95 bits per heavy atom. The van der Waals surface area contributed by atoms with Crippen molar-refractivity contribution in [2.45, 2.75) is 31.9 Å². The van der Waals surface area contributed by atoms with Gasteiger partial charge in [0.1, 0.15) is 0 Å². The Labute approximate surface area is 145 Å². The van der Waals surface area contributed by atoms with Crippen LogP contribution in [0.2, 0.25) is 0 Å². The molecule has 7 heteroatoms. The number of methoxy groups -OCH3 is 1. The first-order valence-corrected chi connectivity index (χ1v) is 7.60. The quantitative estimate of drug-likeness (QED) is 0.410. The molecule has 0 amide bonds. The molecule has 2 aliphatic heterocycles. The Morgan fingerprint density at radius 2 is 2.24 bits per heavy atom. The van der Waals surface area contributed by atoms with E-state index < -0.39 is 0 Å². The number of halogens is 1. The summed E-state index contributed by atoms with van der Waals surface area (Å²) in [6.45, 7) is 8.22. The fourth-order valence-corrected chi connectivity index (χ4v) is 2.93. The van der Waals surface area contributed by atoms with E-state index in [0.29, 0.717) is 12.0 Å². The summed E-state index contributed by atoms with van der Waals surface area (Å²) >= 11 is 0. The highest BCUT2D eigenvalue weighted by Gasteiger charge is 2.24. The highest BCUT2D eigenvalue weighted by Crippen LogP contribution is 2.17. The zero-order valence-electron chi connectivity index (χ0n) is 13.2. The molecule has 0 spiro atoms. The smallest absolute Gasteiger partial charge is 0.191 e. The van der Waals surface area contributed by atoms with Crippen molar-refractivity contribution in [3.63, 3.8) is 0 Å². The lowest BCUT2D eigenvalue weighted by Gasteiger charge is -2.32.